The Morgan fingerprint density at radius 3 is 2.52 bits per heavy atom. The molecule has 0 aliphatic carbocycles. The lowest BCUT2D eigenvalue weighted by molar-refractivity contribution is -0.123. The molecule has 0 radical (unpaired) electrons. The number of hydrogen-bond acceptors (Lipinski definition) is 3. The molecule has 1 aromatic heterocycles. The van der Waals surface area contributed by atoms with Crippen molar-refractivity contribution in [1.82, 2.24) is 4.98 Å². The summed E-state index contributed by atoms with van der Waals surface area (Å²) in [6.07, 6.45) is 3.62. The highest BCUT2D eigenvalue weighted by atomic mass is 35.5. The van der Waals surface area contributed by atoms with Crippen LogP contribution in [-0.2, 0) is 17.6 Å². The summed E-state index contributed by atoms with van der Waals surface area (Å²) in [7, 11) is 0. The Balaban J connectivity index is 1.42. The smallest absolute Gasteiger partial charge is 0.248 e. The largest absolute Gasteiger partial charge is 0.493 e. The van der Waals surface area contributed by atoms with Crippen LogP contribution in [0, 0.1) is 0 Å². The van der Waals surface area contributed by atoms with Crippen molar-refractivity contribution in [3.8, 4) is 5.75 Å². The van der Waals surface area contributed by atoms with E-state index in [4.69, 9.17) is 39.5 Å². The molecule has 4 rings (SSSR count). The number of hydrogen-bond donors (Lipinski definition) is 0. The van der Waals surface area contributed by atoms with Crippen molar-refractivity contribution in [3.05, 3.63) is 87.7 Å². The molecule has 1 aliphatic rings. The van der Waals surface area contributed by atoms with Gasteiger partial charge in [0.25, 0.3) is 0 Å². The summed E-state index contributed by atoms with van der Waals surface area (Å²) in [6, 6.07) is 16.6. The number of halogens is 3. The van der Waals surface area contributed by atoms with Crippen molar-refractivity contribution in [3.63, 3.8) is 0 Å². The molecule has 4 nitrogen and oxygen atoms in total. The number of pyridine rings is 1. The summed E-state index contributed by atoms with van der Waals surface area (Å²) in [5, 5.41) is 0.0805. The molecule has 31 heavy (non-hydrogen) atoms. The van der Waals surface area contributed by atoms with Gasteiger partial charge in [0, 0.05) is 18.3 Å². The molecule has 1 saturated heterocycles. The zero-order chi connectivity index (χ0) is 22.0. The van der Waals surface area contributed by atoms with Crippen LogP contribution in [0.3, 0.4) is 0 Å². The lowest BCUT2D eigenvalue weighted by Crippen LogP contribution is -2.56. The fourth-order valence-electron chi connectivity index (χ4n) is 3.57. The summed E-state index contributed by atoms with van der Waals surface area (Å²) < 4.78 is 5.86. The molecule has 0 spiro atoms. The first kappa shape index (κ1) is 21.9. The molecule has 1 fully saturated rings. The first-order chi connectivity index (χ1) is 15.0. The Morgan fingerprint density at radius 1 is 1.06 bits per heavy atom. The number of β-lactam (4-membered cyclic amide) rings is 1. The molecule has 160 valence electrons. The highest BCUT2D eigenvalue weighted by Gasteiger charge is 2.48. The average molecular weight is 476 g/mol. The quantitative estimate of drug-likeness (QED) is 0.299. The molecule has 7 heteroatoms. The van der Waals surface area contributed by atoms with Crippen LogP contribution in [0.2, 0.25) is 10.0 Å². The van der Waals surface area contributed by atoms with Gasteiger partial charge in [-0.05, 0) is 47.9 Å². The van der Waals surface area contributed by atoms with Crippen molar-refractivity contribution < 1.29 is 9.53 Å². The van der Waals surface area contributed by atoms with Gasteiger partial charge in [-0.2, -0.15) is 0 Å². The predicted octanol–water partition coefficient (Wildman–Crippen LogP) is 6.27. The predicted molar refractivity (Wildman–Crippen MR) is 126 cm³/mol. The van der Waals surface area contributed by atoms with Crippen molar-refractivity contribution in [2.45, 2.75) is 31.2 Å². The van der Waals surface area contributed by atoms with Crippen LogP contribution in [-0.4, -0.2) is 22.9 Å². The van der Waals surface area contributed by atoms with Gasteiger partial charge in [0.15, 0.2) is 0 Å². The Bertz CT molecular complexity index is 1070. The second-order valence-corrected chi connectivity index (χ2v) is 8.56. The van der Waals surface area contributed by atoms with E-state index >= 15 is 0 Å². The van der Waals surface area contributed by atoms with E-state index in [0.29, 0.717) is 22.3 Å². The third-order valence-corrected chi connectivity index (χ3v) is 6.60. The van der Waals surface area contributed by atoms with E-state index in [-0.39, 0.29) is 11.9 Å². The van der Waals surface area contributed by atoms with E-state index in [1.165, 1.54) is 5.56 Å². The number of nitrogens with zero attached hydrogens (tertiary/aromatic N) is 2. The van der Waals surface area contributed by atoms with E-state index in [2.05, 4.69) is 18.0 Å². The van der Waals surface area contributed by atoms with E-state index in [1.54, 1.807) is 23.1 Å². The summed E-state index contributed by atoms with van der Waals surface area (Å²) >= 11 is 18.8. The standard InChI is InChI=1S/C24H21Cl3N2O2/c1-2-15-6-9-17(28-14-15)12-13-31-18-10-7-16(8-11-18)23-22(27)24(30)29(23)20-5-3-4-19(25)21(20)26/h3-11,14,22-23H,2,12-13H2,1H3. The lowest BCUT2D eigenvalue weighted by Gasteiger charge is -2.45. The van der Waals surface area contributed by atoms with Gasteiger partial charge in [0.05, 0.1) is 28.4 Å². The second-order valence-electron chi connectivity index (χ2n) is 7.31. The van der Waals surface area contributed by atoms with Crippen LogP contribution in [0.4, 0.5) is 5.69 Å². The molecular weight excluding hydrogens is 455 g/mol. The molecular formula is C24H21Cl3N2O2. The number of aromatic nitrogens is 1. The van der Waals surface area contributed by atoms with Gasteiger partial charge in [0.2, 0.25) is 5.91 Å². The maximum absolute atomic E-state index is 12.5. The van der Waals surface area contributed by atoms with Crippen LogP contribution >= 0.6 is 34.8 Å². The summed E-state index contributed by atoms with van der Waals surface area (Å²) in [6.45, 7) is 2.64. The number of amides is 1. The first-order valence-electron chi connectivity index (χ1n) is 10.1. The maximum Gasteiger partial charge on any atom is 0.248 e. The van der Waals surface area contributed by atoms with E-state index < -0.39 is 5.38 Å². The lowest BCUT2D eigenvalue weighted by atomic mass is 9.92. The van der Waals surface area contributed by atoms with Gasteiger partial charge in [-0.1, -0.05) is 54.4 Å². The van der Waals surface area contributed by atoms with E-state index in [1.807, 2.05) is 36.5 Å². The van der Waals surface area contributed by atoms with Crippen LogP contribution in [0.25, 0.3) is 0 Å². The molecule has 1 amide bonds. The number of aryl methyl sites for hydroxylation is 1. The van der Waals surface area contributed by atoms with Gasteiger partial charge in [-0.3, -0.25) is 14.7 Å². The summed E-state index contributed by atoms with van der Waals surface area (Å²) in [4.78, 5) is 18.5. The van der Waals surface area contributed by atoms with Gasteiger partial charge < -0.3 is 4.74 Å². The second kappa shape index (κ2) is 9.47. The molecule has 0 N–H and O–H groups in total. The average Bonchev–Trinajstić information content (AvgIpc) is 2.80. The molecule has 3 aromatic rings. The van der Waals surface area contributed by atoms with Crippen LogP contribution < -0.4 is 9.64 Å². The van der Waals surface area contributed by atoms with Gasteiger partial charge in [-0.15, -0.1) is 11.6 Å². The Kier molecular flexibility index (Phi) is 6.71. The molecule has 2 unspecified atom stereocenters. The van der Waals surface area contributed by atoms with E-state index in [9.17, 15) is 4.79 Å². The third kappa shape index (κ3) is 4.52. The van der Waals surface area contributed by atoms with Crippen molar-refractivity contribution in [2.24, 2.45) is 0 Å². The summed E-state index contributed by atoms with van der Waals surface area (Å²) in [5.41, 5.74) is 3.68. The van der Waals surface area contributed by atoms with Crippen LogP contribution in [0.1, 0.15) is 29.8 Å². The van der Waals surface area contributed by atoms with Crippen molar-refractivity contribution >= 4 is 46.4 Å². The SMILES string of the molecule is CCc1ccc(CCOc2ccc(C3C(Cl)C(=O)N3c3cccc(Cl)c3Cl)cc2)nc1. The highest BCUT2D eigenvalue weighted by molar-refractivity contribution is 6.45. The fraction of sp³-hybridized carbons (Fsp3) is 0.250. The number of carbonyl (C=O) groups excluding carboxylic acids is 1. The molecule has 2 atom stereocenters. The minimum atomic E-state index is -0.654. The Hall–Kier alpha value is -2.27. The number of alkyl halides is 1. The molecule has 2 aromatic carbocycles. The molecule has 0 saturated carbocycles. The molecule has 2 heterocycles. The van der Waals surface area contributed by atoms with Crippen molar-refractivity contribution in [1.29, 1.82) is 0 Å². The number of ether oxygens (including phenoxy) is 1. The summed E-state index contributed by atoms with van der Waals surface area (Å²) in [5.74, 6) is 0.552. The highest BCUT2D eigenvalue weighted by Crippen LogP contribution is 2.46. The first-order valence-corrected chi connectivity index (χ1v) is 11.3. The van der Waals surface area contributed by atoms with E-state index in [0.717, 1.165) is 29.8 Å². The molecule has 1 aliphatic heterocycles. The van der Waals surface area contributed by atoms with Gasteiger partial charge in [-0.25, -0.2) is 0 Å². The maximum atomic E-state index is 12.5. The monoisotopic (exact) mass is 474 g/mol. The number of carbonyl (C=O) groups is 1. The van der Waals surface area contributed by atoms with Gasteiger partial charge in [0.1, 0.15) is 11.1 Å². The normalized spacial score (nSPS) is 18.1. The zero-order valence-corrected chi connectivity index (χ0v) is 19.2. The number of anilines is 1. The van der Waals surface area contributed by atoms with Crippen LogP contribution in [0.5, 0.6) is 5.75 Å². The fourth-order valence-corrected chi connectivity index (χ4v) is 4.32. The van der Waals surface area contributed by atoms with Crippen molar-refractivity contribution in [2.75, 3.05) is 11.5 Å². The van der Waals surface area contributed by atoms with Crippen LogP contribution in [0.15, 0.2) is 60.8 Å². The zero-order valence-electron chi connectivity index (χ0n) is 16.9. The third-order valence-electron chi connectivity index (χ3n) is 5.36. The minimum absolute atomic E-state index is 0.197. The topological polar surface area (TPSA) is 42.4 Å². The Morgan fingerprint density at radius 2 is 1.84 bits per heavy atom. The Labute approximate surface area is 196 Å². The minimum Gasteiger partial charge on any atom is -0.493 e. The number of benzene rings is 2. The molecule has 0 bridgehead atoms. The number of rotatable bonds is 7. The van der Waals surface area contributed by atoms with Gasteiger partial charge >= 0.3 is 0 Å².